The van der Waals surface area contributed by atoms with Crippen molar-refractivity contribution in [3.8, 4) is 11.3 Å². The largest absolute Gasteiger partial charge is 0.306 e. The number of Topliss-reactive ketones (excluding diaryl/α,β-unsaturated/α-hetero) is 1. The fraction of sp³-hybridized carbons (Fsp3) is 0.368. The molecule has 1 aliphatic rings. The highest BCUT2D eigenvalue weighted by Gasteiger charge is 2.23. The number of fused-ring (bicyclic) bond motifs is 1. The standard InChI is InChI=1S/C19H20N4OS/c1-23-6-4-13(5-7-23)19(24)9-16-8-18-14(10-20-16)2-3-17(22-18)15-11-21-25-12-15/h2-3,8,10-13H,4-7,9H2,1H3. The molecule has 3 aromatic rings. The number of pyridine rings is 2. The van der Waals surface area contributed by atoms with Crippen molar-refractivity contribution in [2.45, 2.75) is 19.3 Å². The van der Waals surface area contributed by atoms with Gasteiger partial charge in [-0.25, -0.2) is 9.36 Å². The molecule has 0 saturated carbocycles. The summed E-state index contributed by atoms with van der Waals surface area (Å²) in [6.45, 7) is 2.00. The highest BCUT2D eigenvalue weighted by Crippen LogP contribution is 2.23. The third-order valence-electron chi connectivity index (χ3n) is 4.89. The smallest absolute Gasteiger partial charge is 0.142 e. The molecule has 25 heavy (non-hydrogen) atoms. The van der Waals surface area contributed by atoms with Crippen LogP contribution >= 0.6 is 11.5 Å². The van der Waals surface area contributed by atoms with Crippen LogP contribution < -0.4 is 0 Å². The van der Waals surface area contributed by atoms with Gasteiger partial charge in [0.25, 0.3) is 0 Å². The number of hydrogen-bond donors (Lipinski definition) is 0. The molecule has 128 valence electrons. The second-order valence-electron chi connectivity index (χ2n) is 6.70. The zero-order valence-electron chi connectivity index (χ0n) is 14.2. The molecule has 1 fully saturated rings. The zero-order chi connectivity index (χ0) is 17.2. The van der Waals surface area contributed by atoms with Crippen LogP contribution in [-0.4, -0.2) is 45.2 Å². The van der Waals surface area contributed by atoms with E-state index in [1.807, 2.05) is 36.0 Å². The van der Waals surface area contributed by atoms with Gasteiger partial charge in [0.2, 0.25) is 0 Å². The summed E-state index contributed by atoms with van der Waals surface area (Å²) in [6.07, 6.45) is 5.95. The number of carbonyl (C=O) groups is 1. The van der Waals surface area contributed by atoms with Crippen molar-refractivity contribution in [3.63, 3.8) is 0 Å². The van der Waals surface area contributed by atoms with Gasteiger partial charge >= 0.3 is 0 Å². The van der Waals surface area contributed by atoms with Crippen LogP contribution in [0.1, 0.15) is 18.5 Å². The Morgan fingerprint density at radius 3 is 2.88 bits per heavy atom. The molecular weight excluding hydrogens is 332 g/mol. The van der Waals surface area contributed by atoms with Gasteiger partial charge in [0.05, 0.1) is 17.4 Å². The Kier molecular flexibility index (Phi) is 4.55. The summed E-state index contributed by atoms with van der Waals surface area (Å²) in [7, 11) is 2.11. The summed E-state index contributed by atoms with van der Waals surface area (Å²) < 4.78 is 4.13. The van der Waals surface area contributed by atoms with Crippen LogP contribution in [0.3, 0.4) is 0 Å². The number of piperidine rings is 1. The summed E-state index contributed by atoms with van der Waals surface area (Å²) in [5, 5.41) is 2.97. The summed E-state index contributed by atoms with van der Waals surface area (Å²) >= 11 is 1.42. The number of nitrogens with zero attached hydrogens (tertiary/aromatic N) is 4. The molecule has 4 heterocycles. The van der Waals surface area contributed by atoms with Crippen molar-refractivity contribution in [1.29, 1.82) is 0 Å². The average molecular weight is 352 g/mol. The number of rotatable bonds is 4. The monoisotopic (exact) mass is 352 g/mol. The Bertz CT molecular complexity index is 886. The van der Waals surface area contributed by atoms with E-state index >= 15 is 0 Å². The highest BCUT2D eigenvalue weighted by atomic mass is 32.1. The third-order valence-corrected chi connectivity index (χ3v) is 5.47. The van der Waals surface area contributed by atoms with Gasteiger partial charge in [-0.3, -0.25) is 9.78 Å². The van der Waals surface area contributed by atoms with E-state index in [0.717, 1.165) is 53.8 Å². The molecule has 1 aliphatic heterocycles. The molecule has 5 nitrogen and oxygen atoms in total. The van der Waals surface area contributed by atoms with E-state index in [0.29, 0.717) is 12.2 Å². The normalized spacial score (nSPS) is 16.4. The number of likely N-dealkylation sites (tertiary alicyclic amines) is 1. The van der Waals surface area contributed by atoms with Crippen molar-refractivity contribution in [3.05, 3.63) is 41.7 Å². The summed E-state index contributed by atoms with van der Waals surface area (Å²) in [5.41, 5.74) is 3.61. The molecule has 0 bridgehead atoms. The number of ketones is 1. The molecule has 6 heteroatoms. The molecular formula is C19H20N4OS. The Labute approximate surface area is 150 Å². The van der Waals surface area contributed by atoms with Crippen LogP contribution in [-0.2, 0) is 11.2 Å². The van der Waals surface area contributed by atoms with E-state index in [4.69, 9.17) is 4.98 Å². The minimum atomic E-state index is 0.171. The van der Waals surface area contributed by atoms with Crippen molar-refractivity contribution in [2.75, 3.05) is 20.1 Å². The maximum atomic E-state index is 12.6. The lowest BCUT2D eigenvalue weighted by Crippen LogP contribution is -2.34. The Hall–Kier alpha value is -2.18. The first-order valence-corrected chi connectivity index (χ1v) is 9.39. The van der Waals surface area contributed by atoms with E-state index in [2.05, 4.69) is 21.3 Å². The Morgan fingerprint density at radius 2 is 2.12 bits per heavy atom. The predicted molar refractivity (Wildman–Crippen MR) is 99.6 cm³/mol. The number of aromatic nitrogens is 3. The molecule has 0 spiro atoms. The molecule has 0 atom stereocenters. The third kappa shape index (κ3) is 3.60. The molecule has 0 amide bonds. The van der Waals surface area contributed by atoms with Gasteiger partial charge in [-0.05, 0) is 62.7 Å². The van der Waals surface area contributed by atoms with Crippen molar-refractivity contribution < 1.29 is 4.79 Å². The molecule has 3 aromatic heterocycles. The molecule has 0 unspecified atom stereocenters. The maximum absolute atomic E-state index is 12.6. The van der Waals surface area contributed by atoms with E-state index in [1.165, 1.54) is 11.5 Å². The molecule has 4 rings (SSSR count). The molecule has 0 aromatic carbocycles. The van der Waals surface area contributed by atoms with Crippen LogP contribution in [0, 0.1) is 5.92 Å². The van der Waals surface area contributed by atoms with Crippen LogP contribution in [0.15, 0.2) is 36.0 Å². The molecule has 0 aliphatic carbocycles. The van der Waals surface area contributed by atoms with Gasteiger partial charge in [-0.1, -0.05) is 0 Å². The predicted octanol–water partition coefficient (Wildman–Crippen LogP) is 3.21. The fourth-order valence-corrected chi connectivity index (χ4v) is 3.83. The molecule has 1 saturated heterocycles. The quantitative estimate of drug-likeness (QED) is 0.722. The van der Waals surface area contributed by atoms with Crippen LogP contribution in [0.4, 0.5) is 0 Å². The molecule has 0 radical (unpaired) electrons. The number of carbonyl (C=O) groups excluding carboxylic acids is 1. The van der Waals surface area contributed by atoms with Crippen LogP contribution in [0.2, 0.25) is 0 Å². The van der Waals surface area contributed by atoms with Gasteiger partial charge in [-0.15, -0.1) is 0 Å². The maximum Gasteiger partial charge on any atom is 0.142 e. The van der Waals surface area contributed by atoms with Gasteiger partial charge in [0, 0.05) is 40.6 Å². The summed E-state index contributed by atoms with van der Waals surface area (Å²) in [4.78, 5) is 24.0. The van der Waals surface area contributed by atoms with Gasteiger partial charge in [0.15, 0.2) is 0 Å². The van der Waals surface area contributed by atoms with Crippen molar-refractivity contribution >= 4 is 28.2 Å². The van der Waals surface area contributed by atoms with Crippen molar-refractivity contribution in [1.82, 2.24) is 19.2 Å². The topological polar surface area (TPSA) is 59.0 Å². The first-order chi connectivity index (χ1) is 12.2. The second kappa shape index (κ2) is 6.98. The van der Waals surface area contributed by atoms with E-state index in [-0.39, 0.29) is 5.92 Å². The summed E-state index contributed by atoms with van der Waals surface area (Å²) in [5.74, 6) is 0.475. The fourth-order valence-electron chi connectivity index (χ4n) is 3.30. The Balaban J connectivity index is 1.54. The van der Waals surface area contributed by atoms with Crippen LogP contribution in [0.25, 0.3) is 22.2 Å². The lowest BCUT2D eigenvalue weighted by atomic mass is 9.90. The average Bonchev–Trinajstić information content (AvgIpc) is 3.16. The van der Waals surface area contributed by atoms with Gasteiger partial charge in [0.1, 0.15) is 5.78 Å². The first-order valence-electron chi connectivity index (χ1n) is 8.56. The molecule has 0 N–H and O–H groups in total. The van der Waals surface area contributed by atoms with E-state index in [9.17, 15) is 4.79 Å². The highest BCUT2D eigenvalue weighted by molar-refractivity contribution is 7.03. The van der Waals surface area contributed by atoms with E-state index < -0.39 is 0 Å². The SMILES string of the molecule is CN1CCC(C(=O)Cc2cc3nc(-c4cnsc4)ccc3cn2)CC1. The second-order valence-corrected chi connectivity index (χ2v) is 7.36. The van der Waals surface area contributed by atoms with Gasteiger partial charge in [-0.2, -0.15) is 0 Å². The minimum absolute atomic E-state index is 0.171. The zero-order valence-corrected chi connectivity index (χ0v) is 15.0. The minimum Gasteiger partial charge on any atom is -0.306 e. The lowest BCUT2D eigenvalue weighted by molar-refractivity contribution is -0.123. The summed E-state index contributed by atoms with van der Waals surface area (Å²) in [6, 6.07) is 5.95. The lowest BCUT2D eigenvalue weighted by Gasteiger charge is -2.27. The first kappa shape index (κ1) is 16.3. The number of hydrogen-bond acceptors (Lipinski definition) is 6. The Morgan fingerprint density at radius 1 is 1.28 bits per heavy atom. The van der Waals surface area contributed by atoms with E-state index in [1.54, 1.807) is 0 Å². The van der Waals surface area contributed by atoms with Crippen molar-refractivity contribution in [2.24, 2.45) is 5.92 Å². The van der Waals surface area contributed by atoms with Gasteiger partial charge < -0.3 is 4.90 Å². The van der Waals surface area contributed by atoms with Crippen LogP contribution in [0.5, 0.6) is 0 Å².